The lowest BCUT2D eigenvalue weighted by molar-refractivity contribution is -0.0498. The highest BCUT2D eigenvalue weighted by molar-refractivity contribution is 9.10. The van der Waals surface area contributed by atoms with Gasteiger partial charge in [-0.1, -0.05) is 15.9 Å². The van der Waals surface area contributed by atoms with Gasteiger partial charge in [0, 0.05) is 22.3 Å². The Hall–Kier alpha value is -3.01. The second-order valence-corrected chi connectivity index (χ2v) is 5.83. The van der Waals surface area contributed by atoms with Crippen molar-refractivity contribution < 1.29 is 28.2 Å². The van der Waals surface area contributed by atoms with Crippen molar-refractivity contribution in [1.82, 2.24) is 14.8 Å². The van der Waals surface area contributed by atoms with E-state index in [4.69, 9.17) is 5.11 Å². The molecule has 26 heavy (non-hydrogen) atoms. The highest BCUT2D eigenvalue weighted by atomic mass is 79.9. The number of pyridine rings is 1. The molecular weight excluding hydrogens is 416 g/mol. The van der Waals surface area contributed by atoms with Gasteiger partial charge in [0.25, 0.3) is 0 Å². The summed E-state index contributed by atoms with van der Waals surface area (Å²) in [5.74, 6) is -0.239. The highest BCUT2D eigenvalue weighted by Gasteiger charge is 2.17. The van der Waals surface area contributed by atoms with E-state index in [1.807, 2.05) is 0 Å². The van der Waals surface area contributed by atoms with Crippen LogP contribution in [0.5, 0.6) is 11.6 Å². The molecule has 3 aromatic rings. The Kier molecular flexibility index (Phi) is 5.12. The Balaban J connectivity index is 2.13. The van der Waals surface area contributed by atoms with Crippen LogP contribution in [0.2, 0.25) is 0 Å². The summed E-state index contributed by atoms with van der Waals surface area (Å²) >= 11 is 3.24. The smallest absolute Gasteiger partial charge is 0.449 e. The summed E-state index contributed by atoms with van der Waals surface area (Å²) < 4.78 is 36.0. The second kappa shape index (κ2) is 7.48. The maximum absolute atomic E-state index is 12.5. The predicted molar refractivity (Wildman–Crippen MR) is 89.8 cm³/mol. The Bertz CT molecular complexity index is 934. The molecule has 0 bridgehead atoms. The lowest BCUT2D eigenvalue weighted by Crippen LogP contribution is -2.05. The number of aromatic nitrogens is 3. The summed E-state index contributed by atoms with van der Waals surface area (Å²) in [6.07, 6.45) is 1.55. The van der Waals surface area contributed by atoms with Crippen molar-refractivity contribution in [3.05, 3.63) is 53.3 Å². The number of hydrogen-bond acceptors (Lipinski definition) is 5. The molecule has 2 aromatic heterocycles. The first-order valence-corrected chi connectivity index (χ1v) is 7.88. The molecule has 0 unspecified atom stereocenters. The third-order valence-corrected chi connectivity index (χ3v) is 3.62. The molecule has 0 atom stereocenters. The summed E-state index contributed by atoms with van der Waals surface area (Å²) in [5.41, 5.74) is 1.38. The van der Waals surface area contributed by atoms with E-state index in [1.165, 1.54) is 29.1 Å². The molecule has 0 radical (unpaired) electrons. The van der Waals surface area contributed by atoms with Crippen LogP contribution in [0.25, 0.3) is 16.9 Å². The number of hydrogen-bond donors (Lipinski definition) is 1. The van der Waals surface area contributed by atoms with Gasteiger partial charge in [-0.05, 0) is 30.3 Å². The molecule has 3 rings (SSSR count). The normalized spacial score (nSPS) is 10.8. The van der Waals surface area contributed by atoms with Gasteiger partial charge in [-0.3, -0.25) is 4.98 Å². The number of ether oxygens (including phenoxy) is 2. The topological polar surface area (TPSA) is 86.5 Å². The zero-order valence-electron chi connectivity index (χ0n) is 12.8. The Labute approximate surface area is 153 Å². The summed E-state index contributed by atoms with van der Waals surface area (Å²) in [6, 6.07) is 9.15. The summed E-state index contributed by atoms with van der Waals surface area (Å²) in [4.78, 5) is 14.8. The minimum atomic E-state index is -2.98. The number of carbonyl (C=O) groups is 1. The molecule has 0 amide bonds. The fraction of sp³-hybridized carbons (Fsp3) is 0.0625. The molecule has 2 heterocycles. The zero-order valence-corrected chi connectivity index (χ0v) is 14.4. The Morgan fingerprint density at radius 3 is 2.73 bits per heavy atom. The fourth-order valence-electron chi connectivity index (χ4n) is 2.26. The Morgan fingerprint density at radius 2 is 2.08 bits per heavy atom. The molecule has 0 aliphatic carbocycles. The zero-order chi connectivity index (χ0) is 18.7. The predicted octanol–water partition coefficient (Wildman–Crippen LogP) is 4.36. The molecule has 7 nitrogen and oxygen atoms in total. The van der Waals surface area contributed by atoms with Gasteiger partial charge in [0.05, 0.1) is 17.6 Å². The van der Waals surface area contributed by atoms with Crippen LogP contribution in [-0.2, 0) is 0 Å². The van der Waals surface area contributed by atoms with Gasteiger partial charge >= 0.3 is 12.8 Å². The van der Waals surface area contributed by atoms with Crippen LogP contribution in [0, 0.1) is 0 Å². The summed E-state index contributed by atoms with van der Waals surface area (Å²) in [6.45, 7) is -2.98. The van der Waals surface area contributed by atoms with Gasteiger partial charge in [0.15, 0.2) is 0 Å². The van der Waals surface area contributed by atoms with Crippen molar-refractivity contribution in [2.75, 3.05) is 0 Å². The molecule has 0 saturated carbocycles. The first kappa shape index (κ1) is 17.8. The third-order valence-electron chi connectivity index (χ3n) is 3.16. The average Bonchev–Trinajstić information content (AvgIpc) is 2.97. The molecule has 0 saturated heterocycles. The van der Waals surface area contributed by atoms with E-state index >= 15 is 0 Å². The first-order valence-electron chi connectivity index (χ1n) is 7.09. The van der Waals surface area contributed by atoms with Crippen LogP contribution in [-0.4, -0.2) is 32.6 Å². The van der Waals surface area contributed by atoms with Gasteiger partial charge < -0.3 is 14.6 Å². The SMILES string of the molecule is O=C(O)Oc1cc(-c2cc(Br)cc(OC(F)F)c2)n(-c2cccnc2)n1. The van der Waals surface area contributed by atoms with E-state index in [1.54, 1.807) is 24.4 Å². The van der Waals surface area contributed by atoms with Crippen molar-refractivity contribution in [1.29, 1.82) is 0 Å². The van der Waals surface area contributed by atoms with Crippen LogP contribution >= 0.6 is 15.9 Å². The van der Waals surface area contributed by atoms with E-state index in [2.05, 4.69) is 35.5 Å². The monoisotopic (exact) mass is 425 g/mol. The van der Waals surface area contributed by atoms with Gasteiger partial charge in [-0.25, -0.2) is 9.48 Å². The number of halogens is 3. The van der Waals surface area contributed by atoms with Gasteiger partial charge in [0.1, 0.15) is 5.75 Å². The van der Waals surface area contributed by atoms with E-state index in [-0.39, 0.29) is 11.6 Å². The molecule has 1 aromatic carbocycles. The lowest BCUT2D eigenvalue weighted by atomic mass is 10.1. The van der Waals surface area contributed by atoms with Gasteiger partial charge in [0.2, 0.25) is 5.88 Å². The van der Waals surface area contributed by atoms with Crippen LogP contribution in [0.1, 0.15) is 0 Å². The second-order valence-electron chi connectivity index (χ2n) is 4.91. The first-order chi connectivity index (χ1) is 12.4. The summed E-state index contributed by atoms with van der Waals surface area (Å²) in [5, 5.41) is 12.9. The van der Waals surface area contributed by atoms with Crippen LogP contribution < -0.4 is 9.47 Å². The lowest BCUT2D eigenvalue weighted by Gasteiger charge is -2.10. The maximum atomic E-state index is 12.5. The quantitative estimate of drug-likeness (QED) is 0.611. The third kappa shape index (κ3) is 4.14. The molecule has 0 spiro atoms. The van der Waals surface area contributed by atoms with Crippen molar-refractivity contribution in [3.63, 3.8) is 0 Å². The van der Waals surface area contributed by atoms with Crippen LogP contribution in [0.3, 0.4) is 0 Å². The van der Waals surface area contributed by atoms with Gasteiger partial charge in [-0.2, -0.15) is 8.78 Å². The van der Waals surface area contributed by atoms with Gasteiger partial charge in [-0.15, -0.1) is 5.10 Å². The number of benzene rings is 1. The molecule has 0 fully saturated rings. The van der Waals surface area contributed by atoms with Crippen LogP contribution in [0.4, 0.5) is 13.6 Å². The minimum Gasteiger partial charge on any atom is -0.449 e. The number of rotatable bonds is 5. The molecule has 0 aliphatic rings. The fourth-order valence-corrected chi connectivity index (χ4v) is 2.73. The van der Waals surface area contributed by atoms with Crippen molar-refractivity contribution >= 4 is 22.1 Å². The standard InChI is InChI=1S/C16H10BrF2N3O4/c17-10-4-9(5-12(6-10)25-15(18)19)13-7-14(26-16(23)24)21-22(13)11-2-1-3-20-8-11/h1-8,15H,(H,23,24). The van der Waals surface area contributed by atoms with E-state index in [9.17, 15) is 13.6 Å². The molecule has 1 N–H and O–H groups in total. The summed E-state index contributed by atoms with van der Waals surface area (Å²) in [7, 11) is 0. The molecular formula is C16H10BrF2N3O4. The maximum Gasteiger partial charge on any atom is 0.512 e. The Morgan fingerprint density at radius 1 is 1.27 bits per heavy atom. The van der Waals surface area contributed by atoms with Crippen LogP contribution in [0.15, 0.2) is 53.3 Å². The van der Waals surface area contributed by atoms with E-state index in [0.29, 0.717) is 21.4 Å². The number of alkyl halides is 2. The van der Waals surface area contributed by atoms with E-state index < -0.39 is 12.8 Å². The molecule has 134 valence electrons. The highest BCUT2D eigenvalue weighted by Crippen LogP contribution is 2.32. The largest absolute Gasteiger partial charge is 0.512 e. The van der Waals surface area contributed by atoms with E-state index in [0.717, 1.165) is 0 Å². The number of carboxylic acid groups (broad SMARTS) is 1. The van der Waals surface area contributed by atoms with Crippen molar-refractivity contribution in [2.24, 2.45) is 0 Å². The minimum absolute atomic E-state index is 0.0657. The van der Waals surface area contributed by atoms with Crippen molar-refractivity contribution in [3.8, 4) is 28.6 Å². The van der Waals surface area contributed by atoms with Crippen molar-refractivity contribution in [2.45, 2.75) is 6.61 Å². The average molecular weight is 426 g/mol. The number of nitrogens with zero attached hydrogens (tertiary/aromatic N) is 3. The molecule has 10 heteroatoms. The molecule has 0 aliphatic heterocycles.